The zero-order valence-corrected chi connectivity index (χ0v) is 16.6. The number of aromatic hydroxyl groups is 1. The minimum absolute atomic E-state index is 0.0280. The van der Waals surface area contributed by atoms with Crippen LogP contribution in [0.25, 0.3) is 0 Å². The summed E-state index contributed by atoms with van der Waals surface area (Å²) in [5.74, 6) is -1.20. The number of hydroxylamine groups is 1. The normalized spacial score (nSPS) is 13.0. The Morgan fingerprint density at radius 2 is 1.89 bits per heavy atom. The summed E-state index contributed by atoms with van der Waals surface area (Å²) in [6.45, 7) is 1.72. The Morgan fingerprint density at radius 1 is 1.19 bits per heavy atom. The number of amides is 2. The summed E-state index contributed by atoms with van der Waals surface area (Å²) in [5, 5.41) is 21.4. The zero-order chi connectivity index (χ0) is 19.8. The number of halogens is 1. The standard InChI is InChI=1S/C19H19IN2O5/c1-12(7-10-17(24)22-26)18(15-11-13(20)8-9-16(15)23)27-19(25)21-14-5-3-2-4-6-14/h2-12,18,23,26H,1H3,(H,21,25)(H,22,24)/b10-7+/t12-,18-/m0/s1. The first-order chi connectivity index (χ1) is 12.9. The highest BCUT2D eigenvalue weighted by Gasteiger charge is 2.25. The highest BCUT2D eigenvalue weighted by atomic mass is 127. The van der Waals surface area contributed by atoms with Gasteiger partial charge in [0.05, 0.1) is 0 Å². The van der Waals surface area contributed by atoms with Crippen LogP contribution < -0.4 is 10.8 Å². The van der Waals surface area contributed by atoms with Crippen molar-refractivity contribution in [2.75, 3.05) is 5.32 Å². The molecule has 2 rings (SSSR count). The molecule has 0 saturated heterocycles. The monoisotopic (exact) mass is 482 g/mol. The largest absolute Gasteiger partial charge is 0.508 e. The maximum atomic E-state index is 12.3. The van der Waals surface area contributed by atoms with Gasteiger partial charge in [-0.15, -0.1) is 0 Å². The first-order valence-electron chi connectivity index (χ1n) is 8.04. The van der Waals surface area contributed by atoms with Crippen molar-refractivity contribution in [2.24, 2.45) is 5.92 Å². The lowest BCUT2D eigenvalue weighted by Gasteiger charge is -2.23. The fourth-order valence-electron chi connectivity index (χ4n) is 2.37. The lowest BCUT2D eigenvalue weighted by atomic mass is 9.96. The summed E-state index contributed by atoms with van der Waals surface area (Å²) in [6, 6.07) is 13.7. The van der Waals surface area contributed by atoms with Crippen LogP contribution in [0.15, 0.2) is 60.7 Å². The predicted octanol–water partition coefficient (Wildman–Crippen LogP) is 3.98. The number of nitrogens with one attached hydrogen (secondary N) is 2. The molecule has 8 heteroatoms. The summed E-state index contributed by atoms with van der Waals surface area (Å²) in [5.41, 5.74) is 2.47. The molecule has 27 heavy (non-hydrogen) atoms. The van der Waals surface area contributed by atoms with E-state index >= 15 is 0 Å². The van der Waals surface area contributed by atoms with Crippen molar-refractivity contribution in [2.45, 2.75) is 13.0 Å². The van der Waals surface area contributed by atoms with E-state index in [-0.39, 0.29) is 5.75 Å². The van der Waals surface area contributed by atoms with Crippen molar-refractivity contribution >= 4 is 40.3 Å². The SMILES string of the molecule is C[C@@H](/C=C/C(=O)NO)[C@H](OC(=O)Nc1ccccc1)c1cc(I)ccc1O. The van der Waals surface area contributed by atoms with E-state index in [0.29, 0.717) is 11.3 Å². The van der Waals surface area contributed by atoms with Gasteiger partial charge in [0.1, 0.15) is 11.9 Å². The van der Waals surface area contributed by atoms with E-state index in [4.69, 9.17) is 9.94 Å². The minimum Gasteiger partial charge on any atom is -0.508 e. The smallest absolute Gasteiger partial charge is 0.412 e. The number of carbonyl (C=O) groups excluding carboxylic acids is 2. The number of anilines is 1. The molecule has 0 spiro atoms. The van der Waals surface area contributed by atoms with Gasteiger partial charge in [0.15, 0.2) is 0 Å². The van der Waals surface area contributed by atoms with Gasteiger partial charge < -0.3 is 9.84 Å². The van der Waals surface area contributed by atoms with E-state index in [0.717, 1.165) is 9.65 Å². The van der Waals surface area contributed by atoms with Crippen LogP contribution in [0.2, 0.25) is 0 Å². The second kappa shape index (κ2) is 9.93. The quantitative estimate of drug-likeness (QED) is 0.216. The highest BCUT2D eigenvalue weighted by molar-refractivity contribution is 14.1. The highest BCUT2D eigenvalue weighted by Crippen LogP contribution is 2.34. The number of benzene rings is 2. The van der Waals surface area contributed by atoms with Crippen LogP contribution in [0.4, 0.5) is 10.5 Å². The Morgan fingerprint density at radius 3 is 2.56 bits per heavy atom. The van der Waals surface area contributed by atoms with Crippen molar-refractivity contribution in [3.8, 4) is 5.75 Å². The van der Waals surface area contributed by atoms with Crippen LogP contribution in [0.3, 0.4) is 0 Å². The number of rotatable bonds is 6. The van der Waals surface area contributed by atoms with Crippen LogP contribution in [0, 0.1) is 9.49 Å². The summed E-state index contributed by atoms with van der Waals surface area (Å²) in [6.07, 6.45) is 1.05. The molecule has 2 aromatic rings. The molecule has 0 unspecified atom stereocenters. The molecule has 2 aromatic carbocycles. The second-order valence-electron chi connectivity index (χ2n) is 5.71. The van der Waals surface area contributed by atoms with Crippen LogP contribution in [-0.2, 0) is 9.53 Å². The molecule has 0 aliphatic heterocycles. The predicted molar refractivity (Wildman–Crippen MR) is 108 cm³/mol. The van der Waals surface area contributed by atoms with Crippen molar-refractivity contribution in [1.82, 2.24) is 5.48 Å². The van der Waals surface area contributed by atoms with Gasteiger partial charge in [-0.3, -0.25) is 15.3 Å². The molecule has 2 atom stereocenters. The van der Waals surface area contributed by atoms with Gasteiger partial charge in [0.2, 0.25) is 0 Å². The van der Waals surface area contributed by atoms with Crippen molar-refractivity contribution in [3.05, 3.63) is 69.8 Å². The number of para-hydroxylation sites is 1. The maximum Gasteiger partial charge on any atom is 0.412 e. The van der Waals surface area contributed by atoms with Crippen LogP contribution in [0.5, 0.6) is 5.75 Å². The fraction of sp³-hybridized carbons (Fsp3) is 0.158. The lowest BCUT2D eigenvalue weighted by Crippen LogP contribution is -2.22. The summed E-state index contributed by atoms with van der Waals surface area (Å²) < 4.78 is 6.39. The average Bonchev–Trinajstić information content (AvgIpc) is 2.66. The Bertz CT molecular complexity index is 826. The fourth-order valence-corrected chi connectivity index (χ4v) is 2.88. The van der Waals surface area contributed by atoms with Crippen molar-refractivity contribution in [1.29, 1.82) is 0 Å². The van der Waals surface area contributed by atoms with E-state index in [1.54, 1.807) is 43.3 Å². The van der Waals surface area contributed by atoms with Crippen molar-refractivity contribution < 1.29 is 24.6 Å². The molecule has 0 heterocycles. The molecule has 2 amide bonds. The number of hydrogen-bond donors (Lipinski definition) is 4. The second-order valence-corrected chi connectivity index (χ2v) is 6.96. The molecule has 0 radical (unpaired) electrons. The Labute approximate surface area is 170 Å². The molecule has 142 valence electrons. The lowest BCUT2D eigenvalue weighted by molar-refractivity contribution is -0.124. The molecule has 0 aliphatic carbocycles. The molecule has 4 N–H and O–H groups in total. The van der Waals surface area contributed by atoms with Crippen LogP contribution >= 0.6 is 22.6 Å². The summed E-state index contributed by atoms with van der Waals surface area (Å²) in [7, 11) is 0. The summed E-state index contributed by atoms with van der Waals surface area (Å²) in [4.78, 5) is 23.6. The van der Waals surface area contributed by atoms with Gasteiger partial charge >= 0.3 is 6.09 Å². The molecular weight excluding hydrogens is 463 g/mol. The molecule has 0 saturated carbocycles. The third kappa shape index (κ3) is 6.26. The molecule has 0 aliphatic rings. The Balaban J connectivity index is 2.26. The van der Waals surface area contributed by atoms with Crippen molar-refractivity contribution in [3.63, 3.8) is 0 Å². The molecule has 0 fully saturated rings. The van der Waals surface area contributed by atoms with Crippen LogP contribution in [-0.4, -0.2) is 22.3 Å². The summed E-state index contributed by atoms with van der Waals surface area (Å²) >= 11 is 2.09. The Hall–Kier alpha value is -2.59. The van der Waals surface area contributed by atoms with Gasteiger partial charge in [-0.1, -0.05) is 31.2 Å². The van der Waals surface area contributed by atoms with E-state index < -0.39 is 24.0 Å². The maximum absolute atomic E-state index is 12.3. The molecule has 0 aromatic heterocycles. The minimum atomic E-state index is -0.855. The van der Waals surface area contributed by atoms with E-state index in [9.17, 15) is 14.7 Å². The zero-order valence-electron chi connectivity index (χ0n) is 14.4. The number of carbonyl (C=O) groups is 2. The molecule has 0 bridgehead atoms. The van der Waals surface area contributed by atoms with E-state index in [1.807, 2.05) is 6.07 Å². The van der Waals surface area contributed by atoms with E-state index in [1.165, 1.54) is 17.6 Å². The first kappa shape index (κ1) is 20.7. The van der Waals surface area contributed by atoms with Gasteiger partial charge in [0, 0.05) is 26.8 Å². The van der Waals surface area contributed by atoms with E-state index in [2.05, 4.69) is 27.9 Å². The topological polar surface area (TPSA) is 108 Å². The van der Waals surface area contributed by atoms with Crippen LogP contribution in [0.1, 0.15) is 18.6 Å². The Kier molecular flexibility index (Phi) is 7.62. The average molecular weight is 482 g/mol. The van der Waals surface area contributed by atoms with Gasteiger partial charge in [-0.2, -0.15) is 0 Å². The number of phenolic OH excluding ortho intramolecular Hbond substituents is 1. The third-order valence-electron chi connectivity index (χ3n) is 3.69. The number of phenols is 1. The molecule has 7 nitrogen and oxygen atoms in total. The van der Waals surface area contributed by atoms with Gasteiger partial charge in [-0.05, 0) is 52.9 Å². The third-order valence-corrected chi connectivity index (χ3v) is 4.36. The number of hydrogen-bond acceptors (Lipinski definition) is 5. The van der Waals surface area contributed by atoms with Gasteiger partial charge in [0.25, 0.3) is 5.91 Å². The number of ether oxygens (including phenoxy) is 1. The first-order valence-corrected chi connectivity index (χ1v) is 9.12. The van der Waals surface area contributed by atoms with Gasteiger partial charge in [-0.25, -0.2) is 10.3 Å². The molecular formula is C19H19IN2O5.